The Hall–Kier alpha value is -5.11. The van der Waals surface area contributed by atoms with E-state index in [1.54, 1.807) is 6.92 Å². The second-order valence-electron chi connectivity index (χ2n) is 9.74. The molecule has 1 aromatic heterocycles. The van der Waals surface area contributed by atoms with Gasteiger partial charge in [0.25, 0.3) is 0 Å². The van der Waals surface area contributed by atoms with E-state index in [0.29, 0.717) is 22.3 Å². The third-order valence-electron chi connectivity index (χ3n) is 6.28. The maximum Gasteiger partial charge on any atom is 0.416 e. The first-order valence-electron chi connectivity index (χ1n) is 13.2. The minimum Gasteiger partial charge on any atom is -0.481 e. The summed E-state index contributed by atoms with van der Waals surface area (Å²) >= 11 is 5.81. The number of hydrogen-bond acceptors (Lipinski definition) is 6. The smallest absolute Gasteiger partial charge is 0.416 e. The van der Waals surface area contributed by atoms with Crippen molar-refractivity contribution in [2.75, 3.05) is 13.2 Å². The average molecular weight is 684 g/mol. The number of carboxylic acids is 2. The van der Waals surface area contributed by atoms with Crippen LogP contribution < -0.4 is 9.47 Å². The molecule has 1 heterocycles. The summed E-state index contributed by atoms with van der Waals surface area (Å²) in [6.45, 7) is 1.68. The van der Waals surface area contributed by atoms with Gasteiger partial charge in [-0.15, -0.1) is 0 Å². The van der Waals surface area contributed by atoms with Crippen molar-refractivity contribution in [1.82, 2.24) is 4.98 Å². The van der Waals surface area contributed by atoms with Gasteiger partial charge in [-0.05, 0) is 73.0 Å². The van der Waals surface area contributed by atoms with Gasteiger partial charge in [-0.25, -0.2) is 14.6 Å². The summed E-state index contributed by atoms with van der Waals surface area (Å²) in [4.78, 5) is 36.4. The number of hydrogen-bond donors (Lipinski definition) is 2. The standard InChI is InChI=1S/C17H13F3O4.C15H11ClF3NO3/c1-10(21)11-2-4-12(5-3-11)14-8-13(17(18,19)20)6-7-15(14)24-9-16(22)23;1-8-6-20-13(16)5-10(8)11-4-9(15(17,18)19)2-3-12(11)23-7-14(21)22/h2-8H,9H2,1H3,(H,22,23);2-6H,7H2,1H3,(H,21,22). The minimum atomic E-state index is -4.54. The fourth-order valence-electron chi connectivity index (χ4n) is 4.05. The lowest BCUT2D eigenvalue weighted by atomic mass is 9.99. The van der Waals surface area contributed by atoms with Crippen molar-refractivity contribution in [3.63, 3.8) is 0 Å². The van der Waals surface area contributed by atoms with Crippen LogP contribution in [0.25, 0.3) is 22.3 Å². The van der Waals surface area contributed by atoms with Crippen LogP contribution in [0.3, 0.4) is 0 Å². The molecule has 8 nitrogen and oxygen atoms in total. The van der Waals surface area contributed by atoms with E-state index in [4.69, 9.17) is 31.3 Å². The number of benzene rings is 3. The molecule has 0 amide bonds. The lowest BCUT2D eigenvalue weighted by Gasteiger charge is -2.15. The van der Waals surface area contributed by atoms with Gasteiger partial charge in [0.15, 0.2) is 19.0 Å². The quantitative estimate of drug-likeness (QED) is 0.103. The number of carbonyl (C=O) groups excluding carboxylic acids is 1. The number of nitrogens with zero attached hydrogens (tertiary/aromatic N) is 1. The molecule has 0 aliphatic rings. The van der Waals surface area contributed by atoms with E-state index in [2.05, 4.69) is 4.98 Å². The van der Waals surface area contributed by atoms with Crippen molar-refractivity contribution in [1.29, 1.82) is 0 Å². The van der Waals surface area contributed by atoms with Crippen molar-refractivity contribution < 1.29 is 60.4 Å². The molecule has 0 fully saturated rings. The molecule has 0 atom stereocenters. The fourth-order valence-corrected chi connectivity index (χ4v) is 4.21. The number of Topliss-reactive ketones (excluding diaryl/α,β-unsaturated/α-hetero) is 1. The molecule has 2 N–H and O–H groups in total. The molecule has 0 saturated heterocycles. The zero-order valence-corrected chi connectivity index (χ0v) is 25.1. The predicted molar refractivity (Wildman–Crippen MR) is 158 cm³/mol. The maximum absolute atomic E-state index is 12.9. The van der Waals surface area contributed by atoms with Crippen LogP contribution in [-0.2, 0) is 21.9 Å². The van der Waals surface area contributed by atoms with Gasteiger partial charge in [-0.1, -0.05) is 35.9 Å². The van der Waals surface area contributed by atoms with Crippen molar-refractivity contribution in [2.24, 2.45) is 0 Å². The summed E-state index contributed by atoms with van der Waals surface area (Å²) < 4.78 is 87.7. The molecule has 4 rings (SSSR count). The topological polar surface area (TPSA) is 123 Å². The van der Waals surface area contributed by atoms with E-state index < -0.39 is 48.6 Å². The molecule has 0 saturated carbocycles. The SMILES string of the molecule is CC(=O)c1ccc(-c2cc(C(F)(F)F)ccc2OCC(=O)O)cc1.Cc1cnc(Cl)cc1-c1cc(C(F)(F)F)ccc1OCC(=O)O. The number of rotatable bonds is 9. The number of carboxylic acid groups (broad SMARTS) is 2. The average Bonchev–Trinajstić information content (AvgIpc) is 2.99. The highest BCUT2D eigenvalue weighted by atomic mass is 35.5. The van der Waals surface area contributed by atoms with Gasteiger partial charge in [-0.2, -0.15) is 26.3 Å². The van der Waals surface area contributed by atoms with Gasteiger partial charge in [0.2, 0.25) is 0 Å². The number of pyridine rings is 1. The number of ether oxygens (including phenoxy) is 2. The largest absolute Gasteiger partial charge is 0.481 e. The van der Waals surface area contributed by atoms with E-state index in [1.165, 1.54) is 43.5 Å². The number of aryl methyl sites for hydroxylation is 1. The van der Waals surface area contributed by atoms with Crippen molar-refractivity contribution in [3.8, 4) is 33.8 Å². The number of ketones is 1. The van der Waals surface area contributed by atoms with E-state index in [0.717, 1.165) is 36.4 Å². The Balaban J connectivity index is 0.000000256. The molecule has 0 aliphatic carbocycles. The van der Waals surface area contributed by atoms with Crippen LogP contribution in [0.4, 0.5) is 26.3 Å². The van der Waals surface area contributed by atoms with Crippen molar-refractivity contribution in [3.05, 3.63) is 100 Å². The van der Waals surface area contributed by atoms with E-state index in [9.17, 15) is 40.7 Å². The van der Waals surface area contributed by atoms with Crippen LogP contribution >= 0.6 is 11.6 Å². The van der Waals surface area contributed by atoms with Crippen LogP contribution in [0.1, 0.15) is 34.0 Å². The first-order valence-corrected chi connectivity index (χ1v) is 13.6. The second kappa shape index (κ2) is 15.0. The summed E-state index contributed by atoms with van der Waals surface area (Å²) in [6, 6.07) is 13.0. The van der Waals surface area contributed by atoms with Crippen molar-refractivity contribution >= 4 is 29.3 Å². The third-order valence-corrected chi connectivity index (χ3v) is 6.49. The molecular formula is C32H24ClF6NO7. The molecule has 0 bridgehead atoms. The molecule has 248 valence electrons. The molecule has 47 heavy (non-hydrogen) atoms. The molecule has 15 heteroatoms. The summed E-state index contributed by atoms with van der Waals surface area (Å²) in [6.07, 6.45) is -7.66. The number of carbonyl (C=O) groups is 3. The Morgan fingerprint density at radius 1 is 0.723 bits per heavy atom. The fraction of sp³-hybridized carbons (Fsp3) is 0.188. The Bertz CT molecular complexity index is 1770. The van der Waals surface area contributed by atoms with Crippen LogP contribution in [0, 0.1) is 6.92 Å². The van der Waals surface area contributed by atoms with Crippen LogP contribution in [0.5, 0.6) is 11.5 Å². The first kappa shape index (κ1) is 36.4. The van der Waals surface area contributed by atoms with Gasteiger partial charge in [-0.3, -0.25) is 4.79 Å². The Kier molecular flexibility index (Phi) is 11.6. The number of aromatic nitrogens is 1. The van der Waals surface area contributed by atoms with Crippen LogP contribution in [-0.4, -0.2) is 46.1 Å². The highest BCUT2D eigenvalue weighted by molar-refractivity contribution is 6.29. The zero-order chi connectivity index (χ0) is 35.1. The van der Waals surface area contributed by atoms with Crippen molar-refractivity contribution in [2.45, 2.75) is 26.2 Å². The summed E-state index contributed by atoms with van der Waals surface area (Å²) in [7, 11) is 0. The normalized spacial score (nSPS) is 11.3. The third kappa shape index (κ3) is 10.2. The zero-order valence-electron chi connectivity index (χ0n) is 24.4. The van der Waals surface area contributed by atoms with Crippen LogP contribution in [0.15, 0.2) is 72.9 Å². The number of halogens is 7. The van der Waals surface area contributed by atoms with Gasteiger partial charge < -0.3 is 19.7 Å². The molecule has 0 radical (unpaired) electrons. The second-order valence-corrected chi connectivity index (χ2v) is 10.1. The molecule has 0 spiro atoms. The minimum absolute atomic E-state index is 0.0148. The highest BCUT2D eigenvalue weighted by Gasteiger charge is 2.32. The van der Waals surface area contributed by atoms with E-state index in [1.807, 2.05) is 0 Å². The number of alkyl halides is 6. The first-order chi connectivity index (χ1) is 21.9. The lowest BCUT2D eigenvalue weighted by Crippen LogP contribution is -2.11. The summed E-state index contributed by atoms with van der Waals surface area (Å²) in [5.74, 6) is -2.62. The Morgan fingerprint density at radius 2 is 1.19 bits per heavy atom. The van der Waals surface area contributed by atoms with Gasteiger partial charge in [0.1, 0.15) is 16.7 Å². The predicted octanol–water partition coefficient (Wildman–Crippen LogP) is 8.23. The molecule has 4 aromatic rings. The molecule has 3 aromatic carbocycles. The van der Waals surface area contributed by atoms with Gasteiger partial charge >= 0.3 is 24.3 Å². The van der Waals surface area contributed by atoms with Gasteiger partial charge in [0, 0.05) is 22.9 Å². The summed E-state index contributed by atoms with van der Waals surface area (Å²) in [5, 5.41) is 17.5. The van der Waals surface area contributed by atoms with E-state index in [-0.39, 0.29) is 33.6 Å². The number of aliphatic carboxylic acids is 2. The van der Waals surface area contributed by atoms with Gasteiger partial charge in [0.05, 0.1) is 11.1 Å². The maximum atomic E-state index is 12.9. The van der Waals surface area contributed by atoms with Crippen LogP contribution in [0.2, 0.25) is 5.15 Å². The van der Waals surface area contributed by atoms with E-state index >= 15 is 0 Å². The Morgan fingerprint density at radius 3 is 1.64 bits per heavy atom. The Labute approximate surface area is 268 Å². The molecule has 0 unspecified atom stereocenters. The molecule has 0 aliphatic heterocycles. The summed E-state index contributed by atoms with van der Waals surface area (Å²) in [5.41, 5.74) is 0.206. The monoisotopic (exact) mass is 683 g/mol. The highest BCUT2D eigenvalue weighted by Crippen LogP contribution is 2.39. The molecular weight excluding hydrogens is 660 g/mol. The lowest BCUT2D eigenvalue weighted by molar-refractivity contribution is -0.140.